The lowest BCUT2D eigenvalue weighted by Gasteiger charge is -2.13. The summed E-state index contributed by atoms with van der Waals surface area (Å²) in [6, 6.07) is 11.7. The first kappa shape index (κ1) is 19.6. The Hall–Kier alpha value is -3.20. The summed E-state index contributed by atoms with van der Waals surface area (Å²) in [4.78, 5) is 14.7. The van der Waals surface area contributed by atoms with Crippen molar-refractivity contribution in [2.45, 2.75) is 17.9 Å². The van der Waals surface area contributed by atoms with E-state index in [1.807, 2.05) is 0 Å². The van der Waals surface area contributed by atoms with Crippen molar-refractivity contribution in [1.82, 2.24) is 10.3 Å². The van der Waals surface area contributed by atoms with Gasteiger partial charge >= 0.3 is 0 Å². The van der Waals surface area contributed by atoms with Crippen molar-refractivity contribution in [2.75, 3.05) is 4.72 Å². The van der Waals surface area contributed by atoms with Gasteiger partial charge in [-0.15, -0.1) is 0 Å². The zero-order valence-electron chi connectivity index (χ0n) is 14.7. The topological polar surface area (TPSA) is 91.1 Å². The first-order valence-corrected chi connectivity index (χ1v) is 9.76. The number of amides is 1. The molecule has 0 saturated heterocycles. The molecular weight excluding hydrogens is 388 g/mol. The Kier molecular flexibility index (Phi) is 5.46. The van der Waals surface area contributed by atoms with Gasteiger partial charge in [0.2, 0.25) is 0 Å². The van der Waals surface area contributed by atoms with Crippen molar-refractivity contribution in [3.63, 3.8) is 0 Å². The number of sulfonamides is 1. The molecule has 0 unspecified atom stereocenters. The van der Waals surface area contributed by atoms with Gasteiger partial charge in [0.15, 0.2) is 0 Å². The molecule has 9 heteroatoms. The summed E-state index contributed by atoms with van der Waals surface area (Å²) in [5, 5.41) is 2.69. The number of hydrogen-bond donors (Lipinski definition) is 3. The number of aromatic amines is 1. The van der Waals surface area contributed by atoms with Crippen LogP contribution in [0.5, 0.6) is 0 Å². The van der Waals surface area contributed by atoms with Gasteiger partial charge < -0.3 is 10.3 Å². The first-order chi connectivity index (χ1) is 13.3. The molecule has 1 atom stereocenters. The van der Waals surface area contributed by atoms with E-state index in [2.05, 4.69) is 15.0 Å². The second kappa shape index (κ2) is 7.81. The van der Waals surface area contributed by atoms with Crippen LogP contribution in [0.25, 0.3) is 0 Å². The highest BCUT2D eigenvalue weighted by Gasteiger charge is 2.20. The molecule has 6 nitrogen and oxygen atoms in total. The molecule has 3 rings (SSSR count). The van der Waals surface area contributed by atoms with Gasteiger partial charge in [0.1, 0.15) is 22.2 Å². The molecule has 2 aromatic carbocycles. The smallest absolute Gasteiger partial charge is 0.268 e. The average molecular weight is 405 g/mol. The molecule has 28 heavy (non-hydrogen) atoms. The van der Waals surface area contributed by atoms with Crippen LogP contribution in [-0.4, -0.2) is 19.3 Å². The lowest BCUT2D eigenvalue weighted by Crippen LogP contribution is -2.26. The molecule has 1 heterocycles. The number of hydrogen-bond acceptors (Lipinski definition) is 3. The van der Waals surface area contributed by atoms with E-state index in [1.54, 1.807) is 19.1 Å². The van der Waals surface area contributed by atoms with E-state index in [-0.39, 0.29) is 22.1 Å². The van der Waals surface area contributed by atoms with Crippen molar-refractivity contribution < 1.29 is 22.0 Å². The maximum absolute atomic E-state index is 13.7. The molecule has 1 aromatic heterocycles. The molecule has 0 spiro atoms. The molecule has 0 aliphatic rings. The number of para-hydroxylation sites is 1. The van der Waals surface area contributed by atoms with Crippen LogP contribution >= 0.6 is 0 Å². The zero-order chi connectivity index (χ0) is 20.3. The van der Waals surface area contributed by atoms with Crippen molar-refractivity contribution in [2.24, 2.45) is 0 Å². The number of carbonyl (C=O) groups is 1. The fraction of sp³-hybridized carbons (Fsp3) is 0.105. The summed E-state index contributed by atoms with van der Waals surface area (Å²) in [6.07, 6.45) is 1.14. The fourth-order valence-corrected chi connectivity index (χ4v) is 3.58. The summed E-state index contributed by atoms with van der Waals surface area (Å²) in [5.41, 5.74) is 0.512. The quantitative estimate of drug-likeness (QED) is 0.585. The maximum atomic E-state index is 13.7. The molecule has 0 aliphatic carbocycles. The highest BCUT2D eigenvalue weighted by Crippen LogP contribution is 2.20. The van der Waals surface area contributed by atoms with Gasteiger partial charge in [0.25, 0.3) is 15.9 Å². The highest BCUT2D eigenvalue weighted by atomic mass is 32.2. The lowest BCUT2D eigenvalue weighted by molar-refractivity contribution is 0.0935. The third kappa shape index (κ3) is 4.37. The van der Waals surface area contributed by atoms with E-state index in [4.69, 9.17) is 0 Å². The molecule has 3 N–H and O–H groups in total. The number of anilines is 1. The van der Waals surface area contributed by atoms with Crippen LogP contribution in [0.3, 0.4) is 0 Å². The van der Waals surface area contributed by atoms with Crippen LogP contribution in [0.15, 0.2) is 65.7 Å². The molecule has 1 amide bonds. The summed E-state index contributed by atoms with van der Waals surface area (Å²) >= 11 is 0. The van der Waals surface area contributed by atoms with E-state index in [0.29, 0.717) is 5.56 Å². The van der Waals surface area contributed by atoms with Gasteiger partial charge in [-0.1, -0.05) is 24.3 Å². The summed E-state index contributed by atoms with van der Waals surface area (Å²) in [5.74, 6) is -1.64. The van der Waals surface area contributed by atoms with Crippen LogP contribution in [0.1, 0.15) is 29.0 Å². The van der Waals surface area contributed by atoms with E-state index in [1.165, 1.54) is 30.3 Å². The monoisotopic (exact) mass is 405 g/mol. The Morgan fingerprint density at radius 2 is 1.75 bits per heavy atom. The summed E-state index contributed by atoms with van der Waals surface area (Å²) in [6.45, 7) is 1.71. The Labute approximate surface area is 160 Å². The molecular formula is C19H17F2N3O3S. The fourth-order valence-electron chi connectivity index (χ4n) is 2.52. The molecule has 0 radical (unpaired) electrons. The number of aromatic nitrogens is 1. The standard InChI is InChI=1S/C19H17F2N3O3S/c1-12(13-6-8-14(20)9-7-13)23-19(25)18-10-15(11-22-18)28(26,27)24-17-5-3-2-4-16(17)21/h2-12,22,24H,1H3,(H,23,25)/t12-/m0/s1. The lowest BCUT2D eigenvalue weighted by atomic mass is 10.1. The molecule has 0 bridgehead atoms. The minimum absolute atomic E-state index is 0.0165. The van der Waals surface area contributed by atoms with E-state index in [9.17, 15) is 22.0 Å². The molecule has 0 saturated carbocycles. The first-order valence-electron chi connectivity index (χ1n) is 8.28. The van der Waals surface area contributed by atoms with E-state index in [0.717, 1.165) is 18.3 Å². The molecule has 0 aliphatic heterocycles. The Morgan fingerprint density at radius 1 is 1.07 bits per heavy atom. The Balaban J connectivity index is 1.73. The second-order valence-corrected chi connectivity index (χ2v) is 7.76. The summed E-state index contributed by atoms with van der Waals surface area (Å²) in [7, 11) is -4.08. The number of benzene rings is 2. The van der Waals surface area contributed by atoms with Gasteiger partial charge in [0, 0.05) is 6.20 Å². The van der Waals surface area contributed by atoms with Gasteiger partial charge in [-0.05, 0) is 42.8 Å². The van der Waals surface area contributed by atoms with Crippen LogP contribution < -0.4 is 10.0 Å². The third-order valence-corrected chi connectivity index (χ3v) is 5.39. The van der Waals surface area contributed by atoms with Crippen LogP contribution in [0, 0.1) is 11.6 Å². The molecule has 146 valence electrons. The highest BCUT2D eigenvalue weighted by molar-refractivity contribution is 7.92. The maximum Gasteiger partial charge on any atom is 0.268 e. The van der Waals surface area contributed by atoms with Gasteiger partial charge in [0.05, 0.1) is 11.7 Å². The van der Waals surface area contributed by atoms with Gasteiger partial charge in [-0.2, -0.15) is 0 Å². The predicted molar refractivity (Wildman–Crippen MR) is 100 cm³/mol. The average Bonchev–Trinajstić information content (AvgIpc) is 3.15. The SMILES string of the molecule is C[C@H](NC(=O)c1cc(S(=O)(=O)Nc2ccccc2F)c[nH]1)c1ccc(F)cc1. The largest absolute Gasteiger partial charge is 0.356 e. The van der Waals surface area contributed by atoms with E-state index >= 15 is 0 Å². The van der Waals surface area contributed by atoms with Crippen molar-refractivity contribution in [3.8, 4) is 0 Å². The van der Waals surface area contributed by atoms with Crippen LogP contribution in [0.2, 0.25) is 0 Å². The number of rotatable bonds is 6. The number of carbonyl (C=O) groups excluding carboxylic acids is 1. The van der Waals surface area contributed by atoms with Crippen molar-refractivity contribution in [1.29, 1.82) is 0 Å². The van der Waals surface area contributed by atoms with Gasteiger partial charge in [-0.25, -0.2) is 17.2 Å². The zero-order valence-corrected chi connectivity index (χ0v) is 15.6. The van der Waals surface area contributed by atoms with Crippen LogP contribution in [-0.2, 0) is 10.0 Å². The number of H-pyrrole nitrogens is 1. The predicted octanol–water partition coefficient (Wildman–Crippen LogP) is 3.58. The Morgan fingerprint density at radius 3 is 2.43 bits per heavy atom. The minimum Gasteiger partial charge on any atom is -0.356 e. The Bertz CT molecular complexity index is 1100. The molecule has 0 fully saturated rings. The normalized spacial score (nSPS) is 12.4. The van der Waals surface area contributed by atoms with Crippen molar-refractivity contribution >= 4 is 21.6 Å². The van der Waals surface area contributed by atoms with Gasteiger partial charge in [-0.3, -0.25) is 9.52 Å². The molecule has 3 aromatic rings. The third-order valence-electron chi connectivity index (χ3n) is 4.05. The summed E-state index contributed by atoms with van der Waals surface area (Å²) < 4.78 is 53.6. The van der Waals surface area contributed by atoms with Crippen LogP contribution in [0.4, 0.5) is 14.5 Å². The number of nitrogens with one attached hydrogen (secondary N) is 3. The van der Waals surface area contributed by atoms with Crippen molar-refractivity contribution in [3.05, 3.63) is 83.7 Å². The second-order valence-electron chi connectivity index (χ2n) is 6.08. The minimum atomic E-state index is -4.08. The number of halogens is 2. The van der Waals surface area contributed by atoms with E-state index < -0.39 is 27.8 Å².